The lowest BCUT2D eigenvalue weighted by molar-refractivity contribution is -0.134. The van der Waals surface area contributed by atoms with Crippen LogP contribution in [-0.4, -0.2) is 55.5 Å². The van der Waals surface area contributed by atoms with E-state index in [2.05, 4.69) is 0 Å². The Morgan fingerprint density at radius 3 is 2.30 bits per heavy atom. The highest BCUT2D eigenvalue weighted by atomic mass is 35.5. The summed E-state index contributed by atoms with van der Waals surface area (Å²) in [5.41, 5.74) is 0.564. The second kappa shape index (κ2) is 7.92. The van der Waals surface area contributed by atoms with E-state index < -0.39 is 26.4 Å². The lowest BCUT2D eigenvalue weighted by Crippen LogP contribution is -2.57. The van der Waals surface area contributed by atoms with E-state index in [-0.39, 0.29) is 38.4 Å². The molecule has 2 aromatic rings. The Morgan fingerprint density at radius 1 is 1.03 bits per heavy atom. The van der Waals surface area contributed by atoms with Gasteiger partial charge in [-0.2, -0.15) is 0 Å². The Hall–Kier alpha value is -2.58. The second-order valence-electron chi connectivity index (χ2n) is 7.39. The maximum Gasteiger partial charge on any atom is 0.260 e. The first-order valence-corrected chi connectivity index (χ1v) is 11.6. The smallest absolute Gasteiger partial charge is 0.260 e. The van der Waals surface area contributed by atoms with Gasteiger partial charge in [0, 0.05) is 36.6 Å². The zero-order valence-corrected chi connectivity index (χ0v) is 17.7. The third kappa shape index (κ3) is 3.65. The van der Waals surface area contributed by atoms with Crippen molar-refractivity contribution >= 4 is 38.9 Å². The van der Waals surface area contributed by atoms with Gasteiger partial charge in [-0.05, 0) is 36.4 Å². The first kappa shape index (κ1) is 20.7. The van der Waals surface area contributed by atoms with Crippen molar-refractivity contribution in [1.82, 2.24) is 4.90 Å². The highest BCUT2D eigenvalue weighted by Crippen LogP contribution is 2.42. The molecule has 2 aliphatic heterocycles. The molecule has 0 atom stereocenters. The van der Waals surface area contributed by atoms with Crippen LogP contribution in [0, 0.1) is 0 Å². The van der Waals surface area contributed by atoms with Gasteiger partial charge in [0.25, 0.3) is 5.91 Å². The second-order valence-corrected chi connectivity index (χ2v) is 10.1. The number of benzene rings is 2. The number of anilines is 1. The fourth-order valence-electron chi connectivity index (χ4n) is 4.09. The summed E-state index contributed by atoms with van der Waals surface area (Å²) in [5.74, 6) is -0.629. The van der Waals surface area contributed by atoms with E-state index >= 15 is 0 Å². The van der Waals surface area contributed by atoms with Crippen molar-refractivity contribution in [2.45, 2.75) is 17.7 Å². The predicted molar refractivity (Wildman–Crippen MR) is 113 cm³/mol. The van der Waals surface area contributed by atoms with Crippen molar-refractivity contribution in [3.05, 3.63) is 59.6 Å². The van der Waals surface area contributed by atoms with Crippen LogP contribution in [0.2, 0.25) is 5.02 Å². The Labute approximate surface area is 180 Å². The standard InChI is InChI=1S/C21H21ClN2O5S/c22-16-6-8-18(9-7-16)29-14-19(25)23-12-10-21(11-13-23)24(17-4-2-1-3-5-17)20(26)15-30(21,27)28/h1-9H,10-15H2. The summed E-state index contributed by atoms with van der Waals surface area (Å²) >= 11 is 5.84. The number of sulfone groups is 1. The monoisotopic (exact) mass is 448 g/mol. The first-order chi connectivity index (χ1) is 14.3. The number of ether oxygens (including phenoxy) is 1. The number of carbonyl (C=O) groups excluding carboxylic acids is 2. The Morgan fingerprint density at radius 2 is 1.67 bits per heavy atom. The first-order valence-electron chi connectivity index (χ1n) is 9.59. The van der Waals surface area contributed by atoms with Crippen LogP contribution in [0.15, 0.2) is 54.6 Å². The van der Waals surface area contributed by atoms with Crippen molar-refractivity contribution < 1.29 is 22.7 Å². The molecule has 0 aliphatic carbocycles. The topological polar surface area (TPSA) is 84.0 Å². The van der Waals surface area contributed by atoms with Crippen LogP contribution in [0.1, 0.15) is 12.8 Å². The summed E-state index contributed by atoms with van der Waals surface area (Å²) in [5, 5.41) is 0.574. The molecule has 2 heterocycles. The lowest BCUT2D eigenvalue weighted by Gasteiger charge is -2.43. The van der Waals surface area contributed by atoms with E-state index in [0.29, 0.717) is 16.5 Å². The number of amides is 2. The summed E-state index contributed by atoms with van der Waals surface area (Å²) in [6.45, 7) is 0.319. The SMILES string of the molecule is O=C(COc1ccc(Cl)cc1)N1CCC2(CC1)N(c1ccccc1)C(=O)CS2(=O)=O. The van der Waals surface area contributed by atoms with Crippen LogP contribution in [0.25, 0.3) is 0 Å². The zero-order valence-electron chi connectivity index (χ0n) is 16.2. The minimum atomic E-state index is -3.67. The van der Waals surface area contributed by atoms with Gasteiger partial charge in [-0.15, -0.1) is 0 Å². The molecule has 0 N–H and O–H groups in total. The Balaban J connectivity index is 1.46. The molecule has 0 saturated carbocycles. The molecule has 1 spiro atoms. The molecule has 30 heavy (non-hydrogen) atoms. The molecule has 0 unspecified atom stereocenters. The number of nitrogens with zero attached hydrogens (tertiary/aromatic N) is 2. The van der Waals surface area contributed by atoms with Gasteiger partial charge < -0.3 is 9.64 Å². The van der Waals surface area contributed by atoms with E-state index in [4.69, 9.17) is 16.3 Å². The van der Waals surface area contributed by atoms with E-state index in [9.17, 15) is 18.0 Å². The van der Waals surface area contributed by atoms with Gasteiger partial charge in [0.05, 0.1) is 0 Å². The average Bonchev–Trinajstić information content (AvgIpc) is 2.93. The molecular weight excluding hydrogens is 428 g/mol. The molecule has 7 nitrogen and oxygen atoms in total. The largest absolute Gasteiger partial charge is 0.484 e. The normalized spacial score (nSPS) is 19.8. The van der Waals surface area contributed by atoms with Gasteiger partial charge in [0.15, 0.2) is 21.3 Å². The summed E-state index contributed by atoms with van der Waals surface area (Å²) in [6.07, 6.45) is 0.339. The summed E-state index contributed by atoms with van der Waals surface area (Å²) in [4.78, 5) is 26.9. The molecule has 2 fully saturated rings. The van der Waals surface area contributed by atoms with Gasteiger partial charge in [-0.3, -0.25) is 14.5 Å². The van der Waals surface area contributed by atoms with E-state index in [1.54, 1.807) is 53.4 Å². The number of carbonyl (C=O) groups is 2. The van der Waals surface area contributed by atoms with Gasteiger partial charge in [-0.25, -0.2) is 8.42 Å². The lowest BCUT2D eigenvalue weighted by atomic mass is 10.0. The molecule has 0 aromatic heterocycles. The number of hydrogen-bond donors (Lipinski definition) is 0. The van der Waals surface area contributed by atoms with Crippen molar-refractivity contribution in [3.8, 4) is 5.75 Å². The van der Waals surface area contributed by atoms with Gasteiger partial charge in [0.1, 0.15) is 11.5 Å². The molecule has 9 heteroatoms. The molecule has 2 saturated heterocycles. The van der Waals surface area contributed by atoms with Gasteiger partial charge >= 0.3 is 0 Å². The molecule has 2 amide bonds. The summed E-state index contributed by atoms with van der Waals surface area (Å²) < 4.78 is 31.4. The minimum absolute atomic E-state index is 0.150. The highest BCUT2D eigenvalue weighted by Gasteiger charge is 2.59. The third-order valence-electron chi connectivity index (χ3n) is 5.64. The number of halogens is 1. The van der Waals surface area contributed by atoms with Crippen molar-refractivity contribution in [1.29, 1.82) is 0 Å². The minimum Gasteiger partial charge on any atom is -0.484 e. The average molecular weight is 449 g/mol. The van der Waals surface area contributed by atoms with Crippen LogP contribution >= 0.6 is 11.6 Å². The molecule has 4 rings (SSSR count). The molecule has 158 valence electrons. The van der Waals surface area contributed by atoms with Gasteiger partial charge in [0.2, 0.25) is 5.91 Å². The Kier molecular flexibility index (Phi) is 5.46. The maximum atomic E-state index is 12.9. The fourth-order valence-corrected chi connectivity index (χ4v) is 6.23. The fraction of sp³-hybridized carbons (Fsp3) is 0.333. The number of piperidine rings is 1. The number of rotatable bonds is 4. The van der Waals surface area contributed by atoms with Crippen LogP contribution in [0.3, 0.4) is 0 Å². The molecule has 0 radical (unpaired) electrons. The van der Waals surface area contributed by atoms with Crippen molar-refractivity contribution in [2.24, 2.45) is 0 Å². The van der Waals surface area contributed by atoms with E-state index in [1.165, 1.54) is 4.90 Å². The number of para-hydroxylation sites is 1. The zero-order chi connectivity index (χ0) is 21.4. The summed E-state index contributed by atoms with van der Waals surface area (Å²) in [6, 6.07) is 15.5. The molecule has 2 aromatic carbocycles. The quantitative estimate of drug-likeness (QED) is 0.717. The molecular formula is C21H21ClN2O5S. The predicted octanol–water partition coefficient (Wildman–Crippen LogP) is 2.50. The van der Waals surface area contributed by atoms with Gasteiger partial charge in [-0.1, -0.05) is 29.8 Å². The van der Waals surface area contributed by atoms with Crippen molar-refractivity contribution in [2.75, 3.05) is 30.3 Å². The van der Waals surface area contributed by atoms with E-state index in [1.807, 2.05) is 6.07 Å². The molecule has 2 aliphatic rings. The van der Waals surface area contributed by atoms with Crippen LogP contribution in [0.4, 0.5) is 5.69 Å². The highest BCUT2D eigenvalue weighted by molar-refractivity contribution is 7.94. The number of likely N-dealkylation sites (tertiary alicyclic amines) is 1. The third-order valence-corrected chi connectivity index (χ3v) is 8.26. The molecule has 0 bridgehead atoms. The van der Waals surface area contributed by atoms with E-state index in [0.717, 1.165) is 0 Å². The Bertz CT molecular complexity index is 1050. The summed E-state index contributed by atoms with van der Waals surface area (Å²) in [7, 11) is -3.67. The number of hydrogen-bond acceptors (Lipinski definition) is 5. The van der Waals surface area contributed by atoms with Crippen LogP contribution < -0.4 is 9.64 Å². The van der Waals surface area contributed by atoms with Crippen LogP contribution in [-0.2, 0) is 19.4 Å². The maximum absolute atomic E-state index is 12.9. The van der Waals surface area contributed by atoms with Crippen LogP contribution in [0.5, 0.6) is 5.75 Å². The van der Waals surface area contributed by atoms with Crippen molar-refractivity contribution in [3.63, 3.8) is 0 Å².